The Morgan fingerprint density at radius 2 is 1.76 bits per heavy atom. The molecular weight excluding hydrogens is 378 g/mol. The highest BCUT2D eigenvalue weighted by Gasteiger charge is 2.13. The summed E-state index contributed by atoms with van der Waals surface area (Å²) in [6.07, 6.45) is -0.0495. The zero-order chi connectivity index (χ0) is 21.4. The van der Waals surface area contributed by atoms with E-state index in [1.54, 1.807) is 24.3 Å². The molecule has 0 unspecified atom stereocenters. The fraction of sp³-hybridized carbons (Fsp3) is 0.250. The number of carbonyl (C=O) groups excluding carboxylic acids is 3. The summed E-state index contributed by atoms with van der Waals surface area (Å²) in [6.45, 7) is 3.39. The summed E-state index contributed by atoms with van der Waals surface area (Å²) in [6, 6.07) is 10.8. The van der Waals surface area contributed by atoms with Crippen LogP contribution >= 0.6 is 0 Å². The van der Waals surface area contributed by atoms with Gasteiger partial charge in [-0.2, -0.15) is 0 Å². The summed E-state index contributed by atoms with van der Waals surface area (Å²) < 4.78 is 16.1. The Kier molecular flexibility index (Phi) is 7.41. The first-order chi connectivity index (χ1) is 13.8. The van der Waals surface area contributed by atoms with E-state index in [0.717, 1.165) is 0 Å². The molecular formula is C20H23N3O6. The van der Waals surface area contributed by atoms with Crippen molar-refractivity contribution in [2.45, 2.75) is 20.0 Å². The molecule has 0 aromatic heterocycles. The summed E-state index contributed by atoms with van der Waals surface area (Å²) in [5.41, 5.74) is 10.3. The highest BCUT2D eigenvalue weighted by atomic mass is 16.5. The van der Waals surface area contributed by atoms with Crippen LogP contribution in [0, 0.1) is 0 Å². The monoisotopic (exact) mass is 401 g/mol. The molecule has 0 bridgehead atoms. The number of hydrazine groups is 1. The molecule has 9 heteroatoms. The topological polar surface area (TPSA) is 129 Å². The van der Waals surface area contributed by atoms with E-state index in [1.165, 1.54) is 25.3 Å². The number of hydrogen-bond donors (Lipinski definition) is 3. The minimum Gasteiger partial charge on any atom is -0.493 e. The largest absolute Gasteiger partial charge is 0.493 e. The van der Waals surface area contributed by atoms with E-state index in [2.05, 4.69) is 10.9 Å². The van der Waals surface area contributed by atoms with Gasteiger partial charge in [0.15, 0.2) is 18.1 Å². The van der Waals surface area contributed by atoms with Crippen molar-refractivity contribution >= 4 is 17.7 Å². The van der Waals surface area contributed by atoms with Crippen LogP contribution in [0.2, 0.25) is 0 Å². The summed E-state index contributed by atoms with van der Waals surface area (Å²) in [5.74, 6) is -0.524. The van der Waals surface area contributed by atoms with Crippen LogP contribution in [0.25, 0.3) is 0 Å². The molecule has 0 aliphatic carbocycles. The molecule has 0 radical (unpaired) electrons. The SMILES string of the molecule is COc1cc(C(=O)NNC(=O)COc2cccc(C(N)=O)c2)ccc1OC(C)C. The normalized spacial score (nSPS) is 10.2. The van der Waals surface area contributed by atoms with Crippen molar-refractivity contribution in [2.75, 3.05) is 13.7 Å². The number of carbonyl (C=O) groups is 3. The molecule has 0 saturated carbocycles. The molecule has 4 N–H and O–H groups in total. The third kappa shape index (κ3) is 6.42. The van der Waals surface area contributed by atoms with Gasteiger partial charge in [0.25, 0.3) is 11.8 Å². The highest BCUT2D eigenvalue weighted by molar-refractivity contribution is 5.96. The Bertz CT molecular complexity index is 898. The minimum atomic E-state index is -0.604. The first-order valence-corrected chi connectivity index (χ1v) is 8.76. The zero-order valence-electron chi connectivity index (χ0n) is 16.4. The van der Waals surface area contributed by atoms with Crippen molar-refractivity contribution < 1.29 is 28.6 Å². The van der Waals surface area contributed by atoms with Crippen molar-refractivity contribution in [3.63, 3.8) is 0 Å². The summed E-state index contributed by atoms with van der Waals surface area (Å²) in [4.78, 5) is 35.3. The Hall–Kier alpha value is -3.75. The van der Waals surface area contributed by atoms with Crippen molar-refractivity contribution in [3.8, 4) is 17.2 Å². The van der Waals surface area contributed by atoms with Crippen LogP contribution in [0.3, 0.4) is 0 Å². The molecule has 0 saturated heterocycles. The van der Waals surface area contributed by atoms with Gasteiger partial charge >= 0.3 is 0 Å². The summed E-state index contributed by atoms with van der Waals surface area (Å²) in [5, 5.41) is 0. The number of primary amides is 1. The Labute approximate surface area is 168 Å². The Balaban J connectivity index is 1.89. The summed E-state index contributed by atoms with van der Waals surface area (Å²) in [7, 11) is 1.47. The van der Waals surface area contributed by atoms with Gasteiger partial charge in [-0.05, 0) is 50.2 Å². The predicted octanol–water partition coefficient (Wildman–Crippen LogP) is 1.42. The molecule has 3 amide bonds. The second kappa shape index (κ2) is 9.98. The van der Waals surface area contributed by atoms with Crippen LogP contribution in [0.4, 0.5) is 0 Å². The van der Waals surface area contributed by atoms with Gasteiger partial charge in [0.1, 0.15) is 5.75 Å². The van der Waals surface area contributed by atoms with E-state index in [1.807, 2.05) is 13.8 Å². The molecule has 0 aliphatic rings. The lowest BCUT2D eigenvalue weighted by atomic mass is 10.2. The minimum absolute atomic E-state index is 0.0495. The van der Waals surface area contributed by atoms with Gasteiger partial charge in [-0.15, -0.1) is 0 Å². The number of methoxy groups -OCH3 is 1. The van der Waals surface area contributed by atoms with Crippen LogP contribution in [0.15, 0.2) is 42.5 Å². The first kappa shape index (κ1) is 21.5. The molecule has 0 aliphatic heterocycles. The molecule has 154 valence electrons. The maximum Gasteiger partial charge on any atom is 0.276 e. The van der Waals surface area contributed by atoms with Gasteiger partial charge in [0, 0.05) is 11.1 Å². The Morgan fingerprint density at radius 3 is 2.41 bits per heavy atom. The van der Waals surface area contributed by atoms with E-state index in [9.17, 15) is 14.4 Å². The van der Waals surface area contributed by atoms with Crippen LogP contribution in [-0.2, 0) is 4.79 Å². The molecule has 9 nitrogen and oxygen atoms in total. The highest BCUT2D eigenvalue weighted by Crippen LogP contribution is 2.28. The van der Waals surface area contributed by atoms with E-state index < -0.39 is 17.7 Å². The number of amides is 3. The second-order valence-corrected chi connectivity index (χ2v) is 6.22. The Morgan fingerprint density at radius 1 is 1.00 bits per heavy atom. The van der Waals surface area contributed by atoms with E-state index in [0.29, 0.717) is 17.2 Å². The smallest absolute Gasteiger partial charge is 0.276 e. The van der Waals surface area contributed by atoms with Crippen LogP contribution in [0.5, 0.6) is 17.2 Å². The molecule has 0 heterocycles. The van der Waals surface area contributed by atoms with Gasteiger partial charge in [0.05, 0.1) is 13.2 Å². The van der Waals surface area contributed by atoms with E-state index >= 15 is 0 Å². The second-order valence-electron chi connectivity index (χ2n) is 6.22. The first-order valence-electron chi connectivity index (χ1n) is 8.76. The molecule has 0 atom stereocenters. The molecule has 0 spiro atoms. The molecule has 0 fully saturated rings. The van der Waals surface area contributed by atoms with Crippen molar-refractivity contribution in [1.29, 1.82) is 0 Å². The van der Waals surface area contributed by atoms with Gasteiger partial charge in [0.2, 0.25) is 5.91 Å². The average Bonchev–Trinajstić information content (AvgIpc) is 2.70. The maximum absolute atomic E-state index is 12.2. The number of hydrogen-bond acceptors (Lipinski definition) is 6. The average molecular weight is 401 g/mol. The molecule has 2 aromatic carbocycles. The van der Waals surface area contributed by atoms with Crippen molar-refractivity contribution in [3.05, 3.63) is 53.6 Å². The lowest BCUT2D eigenvalue weighted by molar-refractivity contribution is -0.123. The maximum atomic E-state index is 12.2. The number of benzene rings is 2. The van der Waals surface area contributed by atoms with Crippen molar-refractivity contribution in [1.82, 2.24) is 10.9 Å². The fourth-order valence-corrected chi connectivity index (χ4v) is 2.28. The number of rotatable bonds is 8. The third-order valence-electron chi connectivity index (χ3n) is 3.59. The molecule has 2 rings (SSSR count). The quantitative estimate of drug-likeness (QED) is 0.574. The van der Waals surface area contributed by atoms with Crippen LogP contribution in [0.1, 0.15) is 34.6 Å². The summed E-state index contributed by atoms with van der Waals surface area (Å²) >= 11 is 0. The van der Waals surface area contributed by atoms with Crippen LogP contribution < -0.4 is 30.8 Å². The van der Waals surface area contributed by atoms with Crippen molar-refractivity contribution in [2.24, 2.45) is 5.73 Å². The predicted molar refractivity (Wildman–Crippen MR) is 105 cm³/mol. The third-order valence-corrected chi connectivity index (χ3v) is 3.59. The van der Waals surface area contributed by atoms with Gasteiger partial charge in [-0.3, -0.25) is 25.2 Å². The van der Waals surface area contributed by atoms with E-state index in [-0.39, 0.29) is 23.8 Å². The number of nitrogens with one attached hydrogen (secondary N) is 2. The fourth-order valence-electron chi connectivity index (χ4n) is 2.28. The van der Waals surface area contributed by atoms with Gasteiger partial charge in [-0.1, -0.05) is 6.07 Å². The van der Waals surface area contributed by atoms with Gasteiger partial charge in [-0.25, -0.2) is 0 Å². The zero-order valence-corrected chi connectivity index (χ0v) is 16.4. The lowest BCUT2D eigenvalue weighted by Gasteiger charge is -2.14. The standard InChI is InChI=1S/C20H23N3O6/c1-12(2)29-16-8-7-14(10-17(16)27-3)20(26)23-22-18(24)11-28-15-6-4-5-13(9-15)19(21)25/h4-10,12H,11H2,1-3H3,(H2,21,25)(H,22,24)(H,23,26). The molecule has 2 aromatic rings. The van der Waals surface area contributed by atoms with E-state index in [4.69, 9.17) is 19.9 Å². The number of ether oxygens (including phenoxy) is 3. The van der Waals surface area contributed by atoms with Crippen LogP contribution in [-0.4, -0.2) is 37.5 Å². The lowest BCUT2D eigenvalue weighted by Crippen LogP contribution is -2.43. The number of nitrogens with two attached hydrogens (primary N) is 1. The van der Waals surface area contributed by atoms with Gasteiger partial charge < -0.3 is 19.9 Å². The molecule has 29 heavy (non-hydrogen) atoms.